The summed E-state index contributed by atoms with van der Waals surface area (Å²) in [5, 5.41) is 5.44. The molecule has 94 valence electrons. The monoisotopic (exact) mass is 260 g/mol. The fourth-order valence-electron chi connectivity index (χ4n) is 2.14. The van der Waals surface area contributed by atoms with Crippen LogP contribution in [0.2, 0.25) is 0 Å². The normalized spacial score (nSPS) is 15.9. The third kappa shape index (κ3) is 2.23. The van der Waals surface area contributed by atoms with Crippen molar-refractivity contribution in [3.63, 3.8) is 0 Å². The Kier molecular flexibility index (Phi) is 3.25. The van der Waals surface area contributed by atoms with Gasteiger partial charge in [-0.15, -0.1) is 11.3 Å². The number of anilines is 1. The second-order valence-corrected chi connectivity index (χ2v) is 5.36. The number of aromatic nitrogens is 2. The highest BCUT2D eigenvalue weighted by Crippen LogP contribution is 2.28. The van der Waals surface area contributed by atoms with Crippen LogP contribution in [0.5, 0.6) is 0 Å². The van der Waals surface area contributed by atoms with E-state index in [4.69, 9.17) is 0 Å². The molecule has 2 aromatic heterocycles. The lowest BCUT2D eigenvalue weighted by atomic mass is 10.2. The van der Waals surface area contributed by atoms with Crippen LogP contribution in [0.4, 0.5) is 5.95 Å². The number of nitrogens with one attached hydrogen (secondary N) is 1. The molecule has 1 N–H and O–H groups in total. The predicted molar refractivity (Wildman–Crippen MR) is 75.2 cm³/mol. The van der Waals surface area contributed by atoms with Crippen LogP contribution >= 0.6 is 11.3 Å². The highest BCUT2D eigenvalue weighted by Gasteiger charge is 2.13. The van der Waals surface area contributed by atoms with Gasteiger partial charge in [-0.1, -0.05) is 0 Å². The maximum absolute atomic E-state index is 4.49. The van der Waals surface area contributed by atoms with Crippen LogP contribution < -0.4 is 10.2 Å². The molecule has 1 aliphatic heterocycles. The van der Waals surface area contributed by atoms with Gasteiger partial charge in [0.05, 0.1) is 0 Å². The second-order valence-electron chi connectivity index (χ2n) is 4.44. The second kappa shape index (κ2) is 5.04. The number of thiophene rings is 1. The van der Waals surface area contributed by atoms with E-state index in [1.54, 1.807) is 11.3 Å². The van der Waals surface area contributed by atoms with Gasteiger partial charge in [-0.25, -0.2) is 9.97 Å². The van der Waals surface area contributed by atoms with Crippen molar-refractivity contribution in [2.24, 2.45) is 0 Å². The maximum Gasteiger partial charge on any atom is 0.225 e. The van der Waals surface area contributed by atoms with E-state index < -0.39 is 0 Å². The van der Waals surface area contributed by atoms with Crippen molar-refractivity contribution in [1.29, 1.82) is 0 Å². The zero-order chi connectivity index (χ0) is 12.4. The van der Waals surface area contributed by atoms with Crippen LogP contribution in [0.3, 0.4) is 0 Å². The Hall–Kier alpha value is -1.46. The number of nitrogens with zero attached hydrogens (tertiary/aromatic N) is 3. The molecule has 0 spiro atoms. The Bertz CT molecular complexity index is 514. The fourth-order valence-corrected chi connectivity index (χ4v) is 3.04. The van der Waals surface area contributed by atoms with Crippen LogP contribution in [0, 0.1) is 6.92 Å². The predicted octanol–water partition coefficient (Wildman–Crippen LogP) is 1.92. The Morgan fingerprint density at radius 2 is 1.94 bits per heavy atom. The van der Waals surface area contributed by atoms with Crippen molar-refractivity contribution in [1.82, 2.24) is 15.3 Å². The topological polar surface area (TPSA) is 41.1 Å². The molecule has 0 saturated carbocycles. The van der Waals surface area contributed by atoms with Gasteiger partial charge >= 0.3 is 0 Å². The quantitative estimate of drug-likeness (QED) is 0.895. The largest absolute Gasteiger partial charge is 0.338 e. The Labute approximate surface area is 111 Å². The van der Waals surface area contributed by atoms with Gasteiger partial charge in [-0.2, -0.15) is 0 Å². The first-order valence-electron chi connectivity index (χ1n) is 6.17. The van der Waals surface area contributed by atoms with Crippen LogP contribution in [0.15, 0.2) is 23.8 Å². The average Bonchev–Trinajstić information content (AvgIpc) is 2.86. The molecule has 0 aliphatic carbocycles. The number of aryl methyl sites for hydroxylation is 1. The van der Waals surface area contributed by atoms with E-state index >= 15 is 0 Å². The smallest absolute Gasteiger partial charge is 0.225 e. The van der Waals surface area contributed by atoms with E-state index in [9.17, 15) is 0 Å². The first-order valence-corrected chi connectivity index (χ1v) is 7.05. The Morgan fingerprint density at radius 3 is 2.56 bits per heavy atom. The summed E-state index contributed by atoms with van der Waals surface area (Å²) in [7, 11) is 0. The molecule has 0 atom stereocenters. The molecular formula is C13H16N4S. The molecule has 1 fully saturated rings. The van der Waals surface area contributed by atoms with Crippen LogP contribution in [0.25, 0.3) is 10.4 Å². The third-order valence-electron chi connectivity index (χ3n) is 3.16. The molecule has 0 amide bonds. The van der Waals surface area contributed by atoms with E-state index in [-0.39, 0.29) is 0 Å². The molecule has 3 heterocycles. The molecule has 0 unspecified atom stereocenters. The van der Waals surface area contributed by atoms with E-state index in [1.165, 1.54) is 10.4 Å². The SMILES string of the molecule is Cc1ccsc1-c1cnc(N2CCNCC2)nc1. The highest BCUT2D eigenvalue weighted by molar-refractivity contribution is 7.13. The molecule has 4 nitrogen and oxygen atoms in total. The minimum atomic E-state index is 0.842. The lowest BCUT2D eigenvalue weighted by molar-refractivity contribution is 0.580. The number of rotatable bonds is 2. The molecule has 0 aromatic carbocycles. The lowest BCUT2D eigenvalue weighted by Crippen LogP contribution is -2.44. The lowest BCUT2D eigenvalue weighted by Gasteiger charge is -2.27. The summed E-state index contributed by atoms with van der Waals surface area (Å²) in [6.45, 7) is 6.11. The summed E-state index contributed by atoms with van der Waals surface area (Å²) >= 11 is 1.74. The van der Waals surface area contributed by atoms with Gasteiger partial charge in [-0.05, 0) is 23.9 Å². The van der Waals surface area contributed by atoms with Crippen LogP contribution in [0.1, 0.15) is 5.56 Å². The molecule has 5 heteroatoms. The van der Waals surface area contributed by atoms with Crippen molar-refractivity contribution in [2.75, 3.05) is 31.1 Å². The molecule has 3 rings (SSSR count). The van der Waals surface area contributed by atoms with Crippen molar-refractivity contribution < 1.29 is 0 Å². The summed E-state index contributed by atoms with van der Waals surface area (Å²) in [5.41, 5.74) is 2.40. The zero-order valence-corrected chi connectivity index (χ0v) is 11.2. The van der Waals surface area contributed by atoms with E-state index in [0.717, 1.165) is 37.7 Å². The third-order valence-corrected chi connectivity index (χ3v) is 4.23. The molecule has 1 aliphatic rings. The Morgan fingerprint density at radius 1 is 1.22 bits per heavy atom. The van der Waals surface area contributed by atoms with Gasteiger partial charge in [0.1, 0.15) is 0 Å². The molecule has 2 aromatic rings. The van der Waals surface area contributed by atoms with E-state index in [0.29, 0.717) is 0 Å². The summed E-state index contributed by atoms with van der Waals surface area (Å²) in [5.74, 6) is 0.842. The maximum atomic E-state index is 4.49. The number of hydrogen-bond acceptors (Lipinski definition) is 5. The minimum absolute atomic E-state index is 0.842. The van der Waals surface area contributed by atoms with Crippen molar-refractivity contribution in [3.8, 4) is 10.4 Å². The van der Waals surface area contributed by atoms with Gasteiger partial charge in [0.25, 0.3) is 0 Å². The van der Waals surface area contributed by atoms with Gasteiger partial charge in [0.2, 0.25) is 5.95 Å². The summed E-state index contributed by atoms with van der Waals surface area (Å²) < 4.78 is 0. The molecule has 18 heavy (non-hydrogen) atoms. The highest BCUT2D eigenvalue weighted by atomic mass is 32.1. The fraction of sp³-hybridized carbons (Fsp3) is 0.385. The van der Waals surface area contributed by atoms with Gasteiger partial charge in [-0.3, -0.25) is 0 Å². The van der Waals surface area contributed by atoms with E-state index in [2.05, 4.69) is 38.6 Å². The first-order chi connectivity index (χ1) is 8.84. The summed E-state index contributed by atoms with van der Waals surface area (Å²) in [4.78, 5) is 12.5. The van der Waals surface area contributed by atoms with Gasteiger partial charge < -0.3 is 10.2 Å². The van der Waals surface area contributed by atoms with Crippen LogP contribution in [-0.2, 0) is 0 Å². The van der Waals surface area contributed by atoms with Gasteiger partial charge in [0.15, 0.2) is 0 Å². The zero-order valence-electron chi connectivity index (χ0n) is 10.4. The molecule has 1 saturated heterocycles. The number of piperazine rings is 1. The van der Waals surface area contributed by atoms with E-state index in [1.807, 2.05) is 12.4 Å². The molecule has 0 radical (unpaired) electrons. The van der Waals surface area contributed by atoms with Gasteiger partial charge in [0, 0.05) is 49.0 Å². The molecular weight excluding hydrogens is 244 g/mol. The Balaban J connectivity index is 1.82. The standard InChI is InChI=1S/C13H16N4S/c1-10-2-7-18-12(10)11-8-15-13(16-9-11)17-5-3-14-4-6-17/h2,7-9,14H,3-6H2,1H3. The van der Waals surface area contributed by atoms with Crippen LogP contribution in [-0.4, -0.2) is 36.1 Å². The van der Waals surface area contributed by atoms with Crippen molar-refractivity contribution >= 4 is 17.3 Å². The summed E-state index contributed by atoms with van der Waals surface area (Å²) in [6.07, 6.45) is 3.87. The summed E-state index contributed by atoms with van der Waals surface area (Å²) in [6, 6.07) is 2.13. The number of hydrogen-bond donors (Lipinski definition) is 1. The average molecular weight is 260 g/mol. The molecule has 0 bridgehead atoms. The minimum Gasteiger partial charge on any atom is -0.338 e. The van der Waals surface area contributed by atoms with Crippen molar-refractivity contribution in [3.05, 3.63) is 29.4 Å². The van der Waals surface area contributed by atoms with Crippen molar-refractivity contribution in [2.45, 2.75) is 6.92 Å². The first kappa shape index (κ1) is 11.6.